The zero-order chi connectivity index (χ0) is 13.0. The van der Waals surface area contributed by atoms with Gasteiger partial charge in [0.15, 0.2) is 5.12 Å². The van der Waals surface area contributed by atoms with Crippen LogP contribution in [0.15, 0.2) is 0 Å². The summed E-state index contributed by atoms with van der Waals surface area (Å²) in [4.78, 5) is 23.0. The van der Waals surface area contributed by atoms with Crippen LogP contribution >= 0.6 is 11.8 Å². The van der Waals surface area contributed by atoms with Gasteiger partial charge in [-0.05, 0) is 20.3 Å². The SMILES string of the molecule is COC(=O)C(C)(C)CCC(=O)SC(C)(C)C. The predicted molar refractivity (Wildman–Crippen MR) is 67.4 cm³/mol. The second-order valence-electron chi connectivity index (χ2n) is 5.46. The lowest BCUT2D eigenvalue weighted by Gasteiger charge is -2.22. The Bertz CT molecular complexity index is 264. The van der Waals surface area contributed by atoms with Crippen LogP contribution in [-0.4, -0.2) is 22.9 Å². The van der Waals surface area contributed by atoms with Crippen molar-refractivity contribution >= 4 is 22.8 Å². The summed E-state index contributed by atoms with van der Waals surface area (Å²) in [6.07, 6.45) is 0.936. The smallest absolute Gasteiger partial charge is 0.311 e. The van der Waals surface area contributed by atoms with Crippen LogP contribution in [0, 0.1) is 5.41 Å². The molecular formula is C12H22O3S. The van der Waals surface area contributed by atoms with Gasteiger partial charge in [-0.25, -0.2) is 0 Å². The molecule has 0 atom stereocenters. The monoisotopic (exact) mass is 246 g/mol. The molecule has 0 aliphatic carbocycles. The van der Waals surface area contributed by atoms with E-state index in [1.807, 2.05) is 20.8 Å². The molecule has 0 aliphatic rings. The number of hydrogen-bond donors (Lipinski definition) is 0. The molecule has 0 aromatic heterocycles. The second kappa shape index (κ2) is 5.71. The van der Waals surface area contributed by atoms with E-state index in [0.717, 1.165) is 0 Å². The highest BCUT2D eigenvalue weighted by molar-refractivity contribution is 8.14. The summed E-state index contributed by atoms with van der Waals surface area (Å²) in [5.74, 6) is -0.263. The fourth-order valence-electron chi connectivity index (χ4n) is 1.19. The lowest BCUT2D eigenvalue weighted by molar-refractivity contribution is -0.151. The number of methoxy groups -OCH3 is 1. The standard InChI is InChI=1S/C12H22O3S/c1-11(2,3)16-9(13)7-8-12(4,5)10(14)15-6/h7-8H2,1-6H3. The number of thioether (sulfide) groups is 1. The Labute approximate surface area is 102 Å². The Morgan fingerprint density at radius 2 is 1.62 bits per heavy atom. The number of carbonyl (C=O) groups is 2. The average Bonchev–Trinajstić information content (AvgIpc) is 2.11. The van der Waals surface area contributed by atoms with Crippen molar-refractivity contribution in [2.45, 2.75) is 52.2 Å². The van der Waals surface area contributed by atoms with Crippen molar-refractivity contribution in [1.29, 1.82) is 0 Å². The zero-order valence-corrected chi connectivity index (χ0v) is 11.9. The first kappa shape index (κ1) is 15.5. The van der Waals surface area contributed by atoms with E-state index in [1.54, 1.807) is 13.8 Å². The Balaban J connectivity index is 4.15. The lowest BCUT2D eigenvalue weighted by Crippen LogP contribution is -2.26. The van der Waals surface area contributed by atoms with Gasteiger partial charge in [0.05, 0.1) is 12.5 Å². The minimum absolute atomic E-state index is 0.0630. The van der Waals surface area contributed by atoms with Crippen molar-refractivity contribution in [2.75, 3.05) is 7.11 Å². The fourth-order valence-corrected chi connectivity index (χ4v) is 2.07. The van der Waals surface area contributed by atoms with Gasteiger partial charge < -0.3 is 4.74 Å². The number of esters is 1. The zero-order valence-electron chi connectivity index (χ0n) is 11.0. The third-order valence-electron chi connectivity index (χ3n) is 2.11. The second-order valence-corrected chi connectivity index (χ2v) is 7.35. The predicted octanol–water partition coefficient (Wildman–Crippen LogP) is 3.02. The molecule has 0 fully saturated rings. The van der Waals surface area contributed by atoms with Gasteiger partial charge in [0, 0.05) is 11.2 Å². The van der Waals surface area contributed by atoms with E-state index in [-0.39, 0.29) is 15.8 Å². The van der Waals surface area contributed by atoms with Crippen LogP contribution < -0.4 is 0 Å². The van der Waals surface area contributed by atoms with Crippen LogP contribution in [0.4, 0.5) is 0 Å². The van der Waals surface area contributed by atoms with E-state index in [1.165, 1.54) is 18.9 Å². The van der Waals surface area contributed by atoms with E-state index in [9.17, 15) is 9.59 Å². The molecule has 0 heterocycles. The summed E-state index contributed by atoms with van der Waals surface area (Å²) in [5.41, 5.74) is -0.581. The number of ether oxygens (including phenoxy) is 1. The quantitative estimate of drug-likeness (QED) is 0.715. The minimum atomic E-state index is -0.581. The lowest BCUT2D eigenvalue weighted by atomic mass is 9.88. The first-order chi connectivity index (χ1) is 7.08. The van der Waals surface area contributed by atoms with Crippen molar-refractivity contribution in [3.05, 3.63) is 0 Å². The summed E-state index contributed by atoms with van der Waals surface area (Å²) in [7, 11) is 1.37. The topological polar surface area (TPSA) is 43.4 Å². The molecule has 3 nitrogen and oxygen atoms in total. The first-order valence-corrected chi connectivity index (χ1v) is 6.20. The molecule has 0 saturated heterocycles. The normalized spacial score (nSPS) is 12.4. The third kappa shape index (κ3) is 6.16. The molecule has 94 valence electrons. The Hall–Kier alpha value is -0.510. The molecular weight excluding hydrogens is 224 g/mol. The Kier molecular flexibility index (Phi) is 5.53. The molecule has 0 N–H and O–H groups in total. The van der Waals surface area contributed by atoms with E-state index in [4.69, 9.17) is 4.74 Å². The minimum Gasteiger partial charge on any atom is -0.469 e. The molecule has 0 rings (SSSR count). The summed E-state index contributed by atoms with van der Waals surface area (Å²) in [5, 5.41) is 0.129. The maximum absolute atomic E-state index is 11.6. The molecule has 0 bridgehead atoms. The Morgan fingerprint density at radius 1 is 1.12 bits per heavy atom. The van der Waals surface area contributed by atoms with E-state index in [0.29, 0.717) is 12.8 Å². The summed E-state index contributed by atoms with van der Waals surface area (Å²) < 4.78 is 4.63. The molecule has 0 unspecified atom stereocenters. The molecule has 0 saturated carbocycles. The van der Waals surface area contributed by atoms with Gasteiger partial charge in [0.1, 0.15) is 0 Å². The number of carbonyl (C=O) groups excluding carboxylic acids is 2. The van der Waals surface area contributed by atoms with Crippen LogP contribution in [0.1, 0.15) is 47.5 Å². The molecule has 4 heteroatoms. The summed E-state index contributed by atoms with van der Waals surface area (Å²) >= 11 is 1.33. The largest absolute Gasteiger partial charge is 0.469 e. The third-order valence-corrected chi connectivity index (χ3v) is 3.16. The maximum atomic E-state index is 11.6. The van der Waals surface area contributed by atoms with Crippen molar-refractivity contribution in [1.82, 2.24) is 0 Å². The molecule has 0 amide bonds. The number of rotatable bonds is 4. The van der Waals surface area contributed by atoms with Gasteiger partial charge in [-0.3, -0.25) is 9.59 Å². The van der Waals surface area contributed by atoms with Crippen LogP contribution in [0.3, 0.4) is 0 Å². The van der Waals surface area contributed by atoms with Gasteiger partial charge >= 0.3 is 5.97 Å². The highest BCUT2D eigenvalue weighted by atomic mass is 32.2. The maximum Gasteiger partial charge on any atom is 0.311 e. The van der Waals surface area contributed by atoms with Gasteiger partial charge in [-0.1, -0.05) is 32.5 Å². The summed E-state index contributed by atoms with van der Waals surface area (Å²) in [6.45, 7) is 9.60. The van der Waals surface area contributed by atoms with Crippen LogP contribution in [0.2, 0.25) is 0 Å². The van der Waals surface area contributed by atoms with Crippen molar-refractivity contribution in [3.63, 3.8) is 0 Å². The highest BCUT2D eigenvalue weighted by Crippen LogP contribution is 2.29. The molecule has 0 radical (unpaired) electrons. The molecule has 0 spiro atoms. The molecule has 0 aromatic rings. The van der Waals surface area contributed by atoms with Crippen LogP contribution in [0.25, 0.3) is 0 Å². The van der Waals surface area contributed by atoms with Crippen molar-refractivity contribution in [3.8, 4) is 0 Å². The Morgan fingerprint density at radius 3 is 2.00 bits per heavy atom. The fraction of sp³-hybridized carbons (Fsp3) is 0.833. The van der Waals surface area contributed by atoms with Gasteiger partial charge in [0.2, 0.25) is 0 Å². The van der Waals surface area contributed by atoms with Gasteiger partial charge in [-0.15, -0.1) is 0 Å². The van der Waals surface area contributed by atoms with E-state index >= 15 is 0 Å². The summed E-state index contributed by atoms with van der Waals surface area (Å²) in [6, 6.07) is 0. The van der Waals surface area contributed by atoms with Crippen LogP contribution in [-0.2, 0) is 14.3 Å². The van der Waals surface area contributed by atoms with Gasteiger partial charge in [0.25, 0.3) is 0 Å². The first-order valence-electron chi connectivity index (χ1n) is 5.39. The van der Waals surface area contributed by atoms with Crippen LogP contribution in [0.5, 0.6) is 0 Å². The van der Waals surface area contributed by atoms with Crippen molar-refractivity contribution < 1.29 is 14.3 Å². The van der Waals surface area contributed by atoms with Crippen molar-refractivity contribution in [2.24, 2.45) is 5.41 Å². The van der Waals surface area contributed by atoms with E-state index in [2.05, 4.69) is 0 Å². The highest BCUT2D eigenvalue weighted by Gasteiger charge is 2.29. The molecule has 16 heavy (non-hydrogen) atoms. The van der Waals surface area contributed by atoms with Gasteiger partial charge in [-0.2, -0.15) is 0 Å². The number of hydrogen-bond acceptors (Lipinski definition) is 4. The molecule has 0 aromatic carbocycles. The van der Waals surface area contributed by atoms with E-state index < -0.39 is 5.41 Å². The average molecular weight is 246 g/mol. The molecule has 0 aliphatic heterocycles.